The molecule has 0 spiro atoms. The van der Waals surface area contributed by atoms with Gasteiger partial charge in [-0.15, -0.1) is 0 Å². The maximum atomic E-state index is 12.6. The molecule has 136 valence electrons. The van der Waals surface area contributed by atoms with Crippen molar-refractivity contribution < 1.29 is 0 Å². The lowest BCUT2D eigenvalue weighted by Crippen LogP contribution is -2.51. The minimum Gasteiger partial charge on any atom is -0.340 e. The van der Waals surface area contributed by atoms with Gasteiger partial charge in [-0.25, -0.2) is 9.98 Å². The molecule has 0 amide bonds. The van der Waals surface area contributed by atoms with Crippen LogP contribution in [0.25, 0.3) is 0 Å². The SMILES string of the molecule is Cc1cc(=O)n2c(n1)NC(N1CCN(C)CC1)=N[C@H]2c1cccc(Cl)c1. The van der Waals surface area contributed by atoms with E-state index in [4.69, 9.17) is 16.6 Å². The number of rotatable bonds is 1. The van der Waals surface area contributed by atoms with Crippen molar-refractivity contribution in [1.29, 1.82) is 0 Å². The maximum absolute atomic E-state index is 12.6. The number of aliphatic imine (C=N–C) groups is 1. The minimum absolute atomic E-state index is 0.133. The largest absolute Gasteiger partial charge is 0.340 e. The van der Waals surface area contributed by atoms with Crippen LogP contribution in [0.3, 0.4) is 0 Å². The summed E-state index contributed by atoms with van der Waals surface area (Å²) in [5.74, 6) is 1.27. The van der Waals surface area contributed by atoms with Gasteiger partial charge >= 0.3 is 0 Å². The van der Waals surface area contributed by atoms with Crippen LogP contribution in [0.4, 0.5) is 5.95 Å². The molecule has 3 heterocycles. The molecule has 1 N–H and O–H groups in total. The van der Waals surface area contributed by atoms with Crippen LogP contribution in [-0.2, 0) is 0 Å². The normalized spacial score (nSPS) is 20.3. The zero-order chi connectivity index (χ0) is 18.3. The topological polar surface area (TPSA) is 65.8 Å². The number of fused-ring (bicyclic) bond motifs is 1. The summed E-state index contributed by atoms with van der Waals surface area (Å²) in [5.41, 5.74) is 1.41. The third-order valence-electron chi connectivity index (χ3n) is 4.74. The van der Waals surface area contributed by atoms with Gasteiger partial charge in [0, 0.05) is 43.0 Å². The lowest BCUT2D eigenvalue weighted by molar-refractivity contribution is 0.213. The average Bonchev–Trinajstić information content (AvgIpc) is 2.61. The van der Waals surface area contributed by atoms with Crippen LogP contribution >= 0.6 is 11.6 Å². The summed E-state index contributed by atoms with van der Waals surface area (Å²) in [7, 11) is 2.11. The first-order valence-corrected chi connectivity index (χ1v) is 9.03. The lowest BCUT2D eigenvalue weighted by Gasteiger charge is -2.37. The standard InChI is InChI=1S/C18H21ClN6O/c1-12-10-15(26)25-16(13-4-3-5-14(19)11-13)21-17(22-18(25)20-12)24-8-6-23(2)7-9-24/h3-5,10-11,16H,6-9H2,1-2H3,(H,20,21,22)/t16-/m1/s1. The van der Waals surface area contributed by atoms with E-state index in [0.717, 1.165) is 37.7 Å². The second-order valence-electron chi connectivity index (χ2n) is 6.73. The molecule has 1 aromatic heterocycles. The van der Waals surface area contributed by atoms with Gasteiger partial charge in [0.2, 0.25) is 11.9 Å². The zero-order valence-electron chi connectivity index (χ0n) is 14.8. The molecule has 2 aliphatic rings. The van der Waals surface area contributed by atoms with Crippen molar-refractivity contribution >= 4 is 23.5 Å². The van der Waals surface area contributed by atoms with E-state index in [2.05, 4.69) is 27.1 Å². The molecule has 1 atom stereocenters. The maximum Gasteiger partial charge on any atom is 0.257 e. The van der Waals surface area contributed by atoms with Gasteiger partial charge in [-0.2, -0.15) is 0 Å². The number of nitrogens with zero attached hydrogens (tertiary/aromatic N) is 5. The fourth-order valence-corrected chi connectivity index (χ4v) is 3.50. The van der Waals surface area contributed by atoms with Gasteiger partial charge in [0.15, 0.2) is 6.17 Å². The van der Waals surface area contributed by atoms with Crippen molar-refractivity contribution in [2.24, 2.45) is 4.99 Å². The van der Waals surface area contributed by atoms with E-state index < -0.39 is 6.17 Å². The number of hydrogen-bond donors (Lipinski definition) is 1. The van der Waals surface area contributed by atoms with Crippen molar-refractivity contribution in [3.63, 3.8) is 0 Å². The summed E-state index contributed by atoms with van der Waals surface area (Å²) in [6.07, 6.45) is -0.486. The third kappa shape index (κ3) is 3.20. The predicted molar refractivity (Wildman–Crippen MR) is 103 cm³/mol. The molecule has 0 unspecified atom stereocenters. The highest BCUT2D eigenvalue weighted by Crippen LogP contribution is 2.27. The molecule has 8 heteroatoms. The van der Waals surface area contributed by atoms with Gasteiger partial charge in [-0.3, -0.25) is 14.7 Å². The highest BCUT2D eigenvalue weighted by molar-refractivity contribution is 6.30. The molecule has 1 aromatic carbocycles. The van der Waals surface area contributed by atoms with Gasteiger partial charge in [-0.05, 0) is 31.7 Å². The average molecular weight is 373 g/mol. The zero-order valence-corrected chi connectivity index (χ0v) is 15.6. The fourth-order valence-electron chi connectivity index (χ4n) is 3.31. The van der Waals surface area contributed by atoms with Crippen LogP contribution in [0.15, 0.2) is 40.1 Å². The number of aryl methyl sites for hydroxylation is 1. The number of halogens is 1. The summed E-state index contributed by atoms with van der Waals surface area (Å²) >= 11 is 6.17. The molecule has 2 aromatic rings. The van der Waals surface area contributed by atoms with Gasteiger partial charge in [-0.1, -0.05) is 23.7 Å². The summed E-state index contributed by atoms with van der Waals surface area (Å²) in [4.78, 5) is 26.5. The molecule has 0 aliphatic carbocycles. The van der Waals surface area contributed by atoms with Crippen LogP contribution in [-0.4, -0.2) is 58.5 Å². The first kappa shape index (κ1) is 17.1. The Morgan fingerprint density at radius 1 is 1.19 bits per heavy atom. The number of likely N-dealkylation sites (N-methyl/N-ethyl adjacent to an activating group) is 1. The Balaban J connectivity index is 1.80. The Labute approximate surface area is 156 Å². The summed E-state index contributed by atoms with van der Waals surface area (Å²) in [6.45, 7) is 5.51. The molecule has 0 radical (unpaired) electrons. The summed E-state index contributed by atoms with van der Waals surface area (Å²) < 4.78 is 1.58. The Morgan fingerprint density at radius 3 is 2.69 bits per heavy atom. The molecular weight excluding hydrogens is 352 g/mol. The fraction of sp³-hybridized carbons (Fsp3) is 0.389. The number of aromatic nitrogens is 2. The van der Waals surface area contributed by atoms with Crippen molar-refractivity contribution in [1.82, 2.24) is 19.4 Å². The first-order valence-electron chi connectivity index (χ1n) is 8.65. The van der Waals surface area contributed by atoms with Crippen molar-refractivity contribution in [2.45, 2.75) is 13.1 Å². The minimum atomic E-state index is -0.486. The number of piperazine rings is 1. The Morgan fingerprint density at radius 2 is 1.96 bits per heavy atom. The van der Waals surface area contributed by atoms with Crippen LogP contribution in [0.2, 0.25) is 5.02 Å². The van der Waals surface area contributed by atoms with E-state index in [-0.39, 0.29) is 5.56 Å². The van der Waals surface area contributed by atoms with E-state index in [1.165, 1.54) is 6.07 Å². The van der Waals surface area contributed by atoms with Crippen LogP contribution < -0.4 is 10.9 Å². The molecule has 0 bridgehead atoms. The van der Waals surface area contributed by atoms with E-state index in [1.807, 2.05) is 31.2 Å². The number of hydrogen-bond acceptors (Lipinski definition) is 6. The van der Waals surface area contributed by atoms with Crippen LogP contribution in [0.5, 0.6) is 0 Å². The van der Waals surface area contributed by atoms with E-state index >= 15 is 0 Å². The first-order chi connectivity index (χ1) is 12.5. The number of nitrogens with one attached hydrogen (secondary N) is 1. The second kappa shape index (κ2) is 6.74. The number of anilines is 1. The molecule has 1 saturated heterocycles. The molecule has 2 aliphatic heterocycles. The van der Waals surface area contributed by atoms with Crippen molar-refractivity contribution in [2.75, 3.05) is 38.5 Å². The Hall–Kier alpha value is -2.38. The predicted octanol–water partition coefficient (Wildman–Crippen LogP) is 1.78. The second-order valence-corrected chi connectivity index (χ2v) is 7.16. The van der Waals surface area contributed by atoms with E-state index in [9.17, 15) is 4.79 Å². The highest BCUT2D eigenvalue weighted by atomic mass is 35.5. The van der Waals surface area contributed by atoms with Crippen LogP contribution in [0, 0.1) is 6.92 Å². The molecule has 4 rings (SSSR count). The highest BCUT2D eigenvalue weighted by Gasteiger charge is 2.28. The van der Waals surface area contributed by atoms with Gasteiger partial charge in [0.1, 0.15) is 0 Å². The summed E-state index contributed by atoms with van der Waals surface area (Å²) in [6, 6.07) is 8.99. The molecule has 0 saturated carbocycles. The number of benzene rings is 1. The Bertz CT molecular complexity index is 916. The van der Waals surface area contributed by atoms with Crippen LogP contribution in [0.1, 0.15) is 17.4 Å². The van der Waals surface area contributed by atoms with Gasteiger partial charge < -0.3 is 9.80 Å². The molecule has 7 nitrogen and oxygen atoms in total. The Kier molecular flexibility index (Phi) is 4.42. The summed E-state index contributed by atoms with van der Waals surface area (Å²) in [5, 5.41) is 3.87. The van der Waals surface area contributed by atoms with Gasteiger partial charge in [0.25, 0.3) is 5.56 Å². The molecule has 26 heavy (non-hydrogen) atoms. The van der Waals surface area contributed by atoms with Gasteiger partial charge in [0.05, 0.1) is 0 Å². The molecule has 1 fully saturated rings. The quantitative estimate of drug-likeness (QED) is 0.826. The van der Waals surface area contributed by atoms with Crippen molar-refractivity contribution in [3.05, 3.63) is 57.0 Å². The monoisotopic (exact) mass is 372 g/mol. The molecular formula is C18H21ClN6O. The van der Waals surface area contributed by atoms with E-state index in [1.54, 1.807) is 4.57 Å². The van der Waals surface area contributed by atoms with Crippen molar-refractivity contribution in [3.8, 4) is 0 Å². The third-order valence-corrected chi connectivity index (χ3v) is 4.98. The van der Waals surface area contributed by atoms with E-state index in [0.29, 0.717) is 16.7 Å². The number of guanidine groups is 1. The smallest absolute Gasteiger partial charge is 0.257 e. The lowest BCUT2D eigenvalue weighted by atomic mass is 10.1.